The smallest absolute Gasteiger partial charge is 0.693 e. The number of carboxylic acids is 1. The molecule has 43 heavy (non-hydrogen) atoms. The van der Waals surface area contributed by atoms with Gasteiger partial charge in [0, 0.05) is 52.1 Å². The Balaban J connectivity index is -0.000000467. The van der Waals surface area contributed by atoms with Gasteiger partial charge in [0.25, 0.3) is 0 Å². The maximum Gasteiger partial charge on any atom is 1.00 e. The van der Waals surface area contributed by atoms with Crippen LogP contribution in [0, 0.1) is 0 Å². The second kappa shape index (κ2) is 44.9. The van der Waals surface area contributed by atoms with E-state index in [1.807, 2.05) is 27.7 Å². The van der Waals surface area contributed by atoms with Gasteiger partial charge in [-0.25, -0.2) is 4.79 Å². The molecule has 0 aliphatic rings. The summed E-state index contributed by atoms with van der Waals surface area (Å²) in [7, 11) is 0. The standard InChI is InChI=1S/C28H52N3O5.2C2H6.K.H2N.Y/c1-3-4-5-6-7-8-9-10-11-12-13-14-15-19-27(34)31-25(28(35)36)20-21-26(33)30-22-17-16-18-24(29)23(2)32;2*1-2;;;/h24-25,29H,3-22H2,1-2H3,(H,30,33)(H,31,34)(H,35,36);2*1-2H3;;1H2;/q-1;;;+1;-1;/t24?,25-;;;;;/m0...../s1. The molecule has 1 radical (unpaired) electrons. The predicted octanol–water partition coefficient (Wildman–Crippen LogP) is 5.88. The molecule has 0 rings (SSSR count). The number of amides is 2. The van der Waals surface area contributed by atoms with E-state index in [1.165, 1.54) is 71.1 Å². The maximum atomic E-state index is 12.1. The molecule has 0 aromatic rings. The molecule has 0 aromatic heterocycles. The second-order valence-corrected chi connectivity index (χ2v) is 10.00. The number of aliphatic carboxylic acids is 1. The van der Waals surface area contributed by atoms with Crippen LogP contribution in [0.5, 0.6) is 0 Å². The third-order valence-corrected chi connectivity index (χ3v) is 6.53. The molecular weight excluding hydrogens is 648 g/mol. The van der Waals surface area contributed by atoms with Gasteiger partial charge in [-0.3, -0.25) is 9.59 Å². The van der Waals surface area contributed by atoms with E-state index < -0.39 is 18.1 Å². The summed E-state index contributed by atoms with van der Waals surface area (Å²) in [5.74, 6) is -1.83. The summed E-state index contributed by atoms with van der Waals surface area (Å²) in [6, 6.07) is -1.77. The van der Waals surface area contributed by atoms with Crippen molar-refractivity contribution in [1.82, 2.24) is 10.6 Å². The van der Waals surface area contributed by atoms with Gasteiger partial charge in [-0.15, -0.1) is 0 Å². The van der Waals surface area contributed by atoms with Crippen LogP contribution in [0.25, 0.3) is 11.9 Å². The fourth-order valence-corrected chi connectivity index (χ4v) is 4.10. The van der Waals surface area contributed by atoms with Crippen molar-refractivity contribution in [3.05, 3.63) is 11.9 Å². The number of Topliss-reactive ketones (excluding diaryl/α,β-unsaturated/α-hetero) is 1. The van der Waals surface area contributed by atoms with Crippen LogP contribution in [0.2, 0.25) is 0 Å². The van der Waals surface area contributed by atoms with Crippen molar-refractivity contribution in [3.63, 3.8) is 0 Å². The monoisotopic (exact) mass is 714 g/mol. The number of nitrogens with two attached hydrogens (primary N) is 1. The van der Waals surface area contributed by atoms with Gasteiger partial charge >= 0.3 is 57.4 Å². The Morgan fingerprint density at radius 1 is 0.674 bits per heavy atom. The van der Waals surface area contributed by atoms with Crippen LogP contribution in [0.1, 0.15) is 164 Å². The Morgan fingerprint density at radius 2 is 1.12 bits per heavy atom. The SMILES string of the molecule is CC.CC.CCCCCCCCCCCCCCCC(=O)N[C@@H](CCC(=O)NCCCCC([NH-])C(C)=O)C(=O)O.[K+].[NH2-].[Y]. The van der Waals surface area contributed by atoms with Crippen LogP contribution >= 0.6 is 0 Å². The van der Waals surface area contributed by atoms with Gasteiger partial charge in [0.2, 0.25) is 11.8 Å². The van der Waals surface area contributed by atoms with Gasteiger partial charge in [-0.05, 0) is 26.2 Å². The molecule has 0 heterocycles. The Labute approximate surface area is 332 Å². The third-order valence-electron chi connectivity index (χ3n) is 6.53. The van der Waals surface area contributed by atoms with E-state index in [4.69, 9.17) is 5.73 Å². The zero-order valence-electron chi connectivity index (χ0n) is 29.0. The Morgan fingerprint density at radius 3 is 1.53 bits per heavy atom. The fraction of sp³-hybridized carbons (Fsp3) is 0.875. The van der Waals surface area contributed by atoms with Crippen molar-refractivity contribution < 1.29 is 108 Å². The van der Waals surface area contributed by atoms with E-state index in [-0.39, 0.29) is 121 Å². The Kier molecular flexibility index (Phi) is 58.5. The van der Waals surface area contributed by atoms with Gasteiger partial charge in [0.1, 0.15) is 11.8 Å². The van der Waals surface area contributed by atoms with E-state index in [2.05, 4.69) is 17.6 Å². The van der Waals surface area contributed by atoms with Gasteiger partial charge < -0.3 is 32.4 Å². The number of hydrogen-bond acceptors (Lipinski definition) is 4. The van der Waals surface area contributed by atoms with Crippen LogP contribution in [0.15, 0.2) is 0 Å². The van der Waals surface area contributed by atoms with Crippen molar-refractivity contribution in [3.8, 4) is 0 Å². The first-order valence-electron chi connectivity index (χ1n) is 16.3. The summed E-state index contributed by atoms with van der Waals surface area (Å²) < 4.78 is 0. The molecule has 0 aromatic carbocycles. The van der Waals surface area contributed by atoms with Crippen molar-refractivity contribution in [2.45, 2.75) is 176 Å². The summed E-state index contributed by atoms with van der Waals surface area (Å²) in [4.78, 5) is 46.6. The number of rotatable bonds is 25. The van der Waals surface area contributed by atoms with Gasteiger partial charge in [0.05, 0.1) is 0 Å². The number of carbonyl (C=O) groups is 4. The maximum absolute atomic E-state index is 12.1. The van der Waals surface area contributed by atoms with Crippen LogP contribution in [-0.4, -0.2) is 47.3 Å². The minimum atomic E-state index is -1.13. The quantitative estimate of drug-likeness (QED) is 0.0791. The number of unbranched alkanes of at least 4 members (excludes halogenated alkanes) is 13. The van der Waals surface area contributed by atoms with Gasteiger partial charge in [-0.2, -0.15) is 0 Å². The van der Waals surface area contributed by atoms with E-state index in [0.29, 0.717) is 32.2 Å². The number of nitrogens with one attached hydrogen (secondary N) is 3. The average Bonchev–Trinajstić information content (AvgIpc) is 2.95. The van der Waals surface area contributed by atoms with Crippen LogP contribution in [-0.2, 0) is 51.9 Å². The summed E-state index contributed by atoms with van der Waals surface area (Å²) in [5, 5.41) is 14.6. The average molecular weight is 715 g/mol. The first-order valence-corrected chi connectivity index (χ1v) is 16.3. The van der Waals surface area contributed by atoms with Gasteiger partial charge in [-0.1, -0.05) is 131 Å². The van der Waals surface area contributed by atoms with Crippen LogP contribution in [0.3, 0.4) is 0 Å². The van der Waals surface area contributed by atoms with E-state index >= 15 is 0 Å². The summed E-state index contributed by atoms with van der Waals surface area (Å²) >= 11 is 0. The topological polar surface area (TPSA) is 170 Å². The number of carbonyl (C=O) groups excluding carboxylic acids is 3. The molecule has 249 valence electrons. The summed E-state index contributed by atoms with van der Waals surface area (Å²) in [6.07, 6.45) is 18.1. The molecule has 0 aliphatic heterocycles. The molecular formula is C32H66KN4O5Y-. The van der Waals surface area contributed by atoms with Crippen molar-refractivity contribution in [2.75, 3.05) is 6.54 Å². The van der Waals surface area contributed by atoms with Crippen molar-refractivity contribution >= 4 is 23.6 Å². The van der Waals surface area contributed by atoms with Crippen LogP contribution in [0.4, 0.5) is 0 Å². The molecule has 6 N–H and O–H groups in total. The Hall–Kier alpha value is 0.740. The van der Waals surface area contributed by atoms with E-state index in [9.17, 15) is 24.3 Å². The second-order valence-electron chi connectivity index (χ2n) is 10.00. The minimum Gasteiger partial charge on any atom is -0.693 e. The zero-order chi connectivity index (χ0) is 31.0. The molecule has 0 saturated carbocycles. The first-order chi connectivity index (χ1) is 19.3. The normalized spacial score (nSPS) is 10.9. The zero-order valence-corrected chi connectivity index (χ0v) is 35.0. The first kappa shape index (κ1) is 56.1. The third kappa shape index (κ3) is 42.7. The molecule has 0 aliphatic carbocycles. The number of ketones is 1. The van der Waals surface area contributed by atoms with Crippen molar-refractivity contribution in [2.24, 2.45) is 0 Å². The Bertz CT molecular complexity index is 631. The largest absolute Gasteiger partial charge is 1.00 e. The van der Waals surface area contributed by atoms with Gasteiger partial charge in [0.15, 0.2) is 0 Å². The summed E-state index contributed by atoms with van der Waals surface area (Å²) in [5.41, 5.74) is 7.55. The number of carboxylic acid groups (broad SMARTS) is 1. The fourth-order valence-electron chi connectivity index (χ4n) is 4.10. The molecule has 0 spiro atoms. The minimum absolute atomic E-state index is 0. The molecule has 0 bridgehead atoms. The molecule has 9 nitrogen and oxygen atoms in total. The molecule has 1 unspecified atom stereocenters. The van der Waals surface area contributed by atoms with E-state index in [1.54, 1.807) is 0 Å². The molecule has 0 fully saturated rings. The van der Waals surface area contributed by atoms with Crippen molar-refractivity contribution in [1.29, 1.82) is 0 Å². The van der Waals surface area contributed by atoms with Crippen LogP contribution < -0.4 is 62.0 Å². The molecule has 0 saturated heterocycles. The van der Waals surface area contributed by atoms with E-state index in [0.717, 1.165) is 19.3 Å². The molecule has 2 amide bonds. The molecule has 2 atom stereocenters. The summed E-state index contributed by atoms with van der Waals surface area (Å²) in [6.45, 7) is 12.1. The molecule has 11 heteroatoms. The number of hydrogen-bond donors (Lipinski definition) is 3. The predicted molar refractivity (Wildman–Crippen MR) is 173 cm³/mol.